The number of fused-ring (bicyclic) bond motifs is 1. The van der Waals surface area contributed by atoms with Gasteiger partial charge in [-0.1, -0.05) is 12.1 Å². The van der Waals surface area contributed by atoms with Crippen LogP contribution in [0.15, 0.2) is 24.3 Å². The largest absolute Gasteiger partial charge is 0.330 e. The average molecular weight is 282 g/mol. The summed E-state index contributed by atoms with van der Waals surface area (Å²) in [7, 11) is -1.14. The molecule has 0 saturated heterocycles. The van der Waals surface area contributed by atoms with Gasteiger partial charge >= 0.3 is 0 Å². The van der Waals surface area contributed by atoms with E-state index in [0.29, 0.717) is 19.6 Å². The fourth-order valence-electron chi connectivity index (χ4n) is 1.88. The van der Waals surface area contributed by atoms with E-state index in [1.54, 1.807) is 0 Å². The molecule has 0 aliphatic carbocycles. The van der Waals surface area contributed by atoms with E-state index in [1.165, 1.54) is 0 Å². The molecule has 2 rings (SSSR count). The number of aryl methyl sites for hydroxylation is 1. The highest BCUT2D eigenvalue weighted by atomic mass is 32.2. The lowest BCUT2D eigenvalue weighted by Crippen LogP contribution is -2.31. The molecule has 19 heavy (non-hydrogen) atoms. The SMILES string of the molecule is Cn1c(CNCCNS(C)(=O)=O)nc2ccccc21. The third-order valence-electron chi connectivity index (χ3n) is 2.83. The van der Waals surface area contributed by atoms with Crippen LogP contribution in [0.2, 0.25) is 0 Å². The number of hydrogen-bond donors (Lipinski definition) is 2. The second kappa shape index (κ2) is 5.68. The number of para-hydroxylation sites is 2. The first-order valence-electron chi connectivity index (χ1n) is 6.03. The van der Waals surface area contributed by atoms with E-state index in [2.05, 4.69) is 15.0 Å². The molecule has 0 aliphatic heterocycles. The lowest BCUT2D eigenvalue weighted by atomic mass is 10.3. The molecule has 0 radical (unpaired) electrons. The molecular formula is C12H18N4O2S. The van der Waals surface area contributed by atoms with Crippen molar-refractivity contribution in [3.8, 4) is 0 Å². The van der Waals surface area contributed by atoms with Gasteiger partial charge in [0.15, 0.2) is 0 Å². The Hall–Kier alpha value is -1.44. The summed E-state index contributed by atoms with van der Waals surface area (Å²) >= 11 is 0. The Morgan fingerprint density at radius 1 is 1.26 bits per heavy atom. The van der Waals surface area contributed by atoms with Crippen LogP contribution in [0.1, 0.15) is 5.82 Å². The predicted octanol–water partition coefficient (Wildman–Crippen LogP) is 0.212. The van der Waals surface area contributed by atoms with Gasteiger partial charge in [0, 0.05) is 20.1 Å². The number of hydrogen-bond acceptors (Lipinski definition) is 4. The number of nitrogens with zero attached hydrogens (tertiary/aromatic N) is 2. The molecule has 2 N–H and O–H groups in total. The van der Waals surface area contributed by atoms with Crippen molar-refractivity contribution in [2.75, 3.05) is 19.3 Å². The van der Waals surface area contributed by atoms with Crippen molar-refractivity contribution >= 4 is 21.1 Å². The predicted molar refractivity (Wildman–Crippen MR) is 75.3 cm³/mol. The summed E-state index contributed by atoms with van der Waals surface area (Å²) in [5.41, 5.74) is 2.06. The highest BCUT2D eigenvalue weighted by Crippen LogP contribution is 2.13. The Morgan fingerprint density at radius 2 is 2.00 bits per heavy atom. The summed E-state index contributed by atoms with van der Waals surface area (Å²) in [5.74, 6) is 0.931. The van der Waals surface area contributed by atoms with Crippen LogP contribution in [-0.4, -0.2) is 37.3 Å². The van der Waals surface area contributed by atoms with Crippen LogP contribution in [0.25, 0.3) is 11.0 Å². The van der Waals surface area contributed by atoms with Gasteiger partial charge in [0.1, 0.15) is 5.82 Å². The van der Waals surface area contributed by atoms with E-state index in [1.807, 2.05) is 35.9 Å². The molecule has 0 unspecified atom stereocenters. The molecule has 0 bridgehead atoms. The lowest BCUT2D eigenvalue weighted by Gasteiger charge is -2.05. The zero-order chi connectivity index (χ0) is 13.9. The molecule has 2 aromatic rings. The highest BCUT2D eigenvalue weighted by molar-refractivity contribution is 7.88. The summed E-state index contributed by atoms with van der Waals surface area (Å²) in [4.78, 5) is 4.52. The minimum Gasteiger partial charge on any atom is -0.330 e. The van der Waals surface area contributed by atoms with Crippen LogP contribution in [0.4, 0.5) is 0 Å². The van der Waals surface area contributed by atoms with Crippen LogP contribution >= 0.6 is 0 Å². The first-order valence-corrected chi connectivity index (χ1v) is 7.92. The zero-order valence-corrected chi connectivity index (χ0v) is 11.9. The quantitative estimate of drug-likeness (QED) is 0.743. The number of imidazole rings is 1. The fourth-order valence-corrected chi connectivity index (χ4v) is 2.35. The van der Waals surface area contributed by atoms with Crippen LogP contribution in [-0.2, 0) is 23.6 Å². The van der Waals surface area contributed by atoms with E-state index >= 15 is 0 Å². The molecule has 6 nitrogen and oxygen atoms in total. The summed E-state index contributed by atoms with van der Waals surface area (Å²) in [6.07, 6.45) is 1.15. The number of aromatic nitrogens is 2. The standard InChI is InChI=1S/C12H18N4O2S/c1-16-11-6-4-3-5-10(11)15-12(16)9-13-7-8-14-19(2,17)18/h3-6,13-14H,7-9H2,1-2H3. The van der Waals surface area contributed by atoms with Crippen LogP contribution < -0.4 is 10.0 Å². The molecule has 0 atom stereocenters. The maximum atomic E-state index is 10.9. The Morgan fingerprint density at radius 3 is 2.68 bits per heavy atom. The smallest absolute Gasteiger partial charge is 0.208 e. The molecule has 1 heterocycles. The molecule has 1 aromatic heterocycles. The average Bonchev–Trinajstić information content (AvgIpc) is 2.65. The molecule has 0 saturated carbocycles. The molecule has 0 amide bonds. The first-order chi connectivity index (χ1) is 8.97. The third kappa shape index (κ3) is 3.76. The van der Waals surface area contributed by atoms with Gasteiger partial charge in [0.2, 0.25) is 10.0 Å². The van der Waals surface area contributed by atoms with E-state index in [9.17, 15) is 8.42 Å². The van der Waals surface area contributed by atoms with Gasteiger partial charge < -0.3 is 9.88 Å². The molecule has 0 fully saturated rings. The van der Waals surface area contributed by atoms with Gasteiger partial charge in [-0.15, -0.1) is 0 Å². The van der Waals surface area contributed by atoms with E-state index in [0.717, 1.165) is 23.1 Å². The number of sulfonamides is 1. The van der Waals surface area contributed by atoms with Crippen molar-refractivity contribution < 1.29 is 8.42 Å². The van der Waals surface area contributed by atoms with Gasteiger partial charge in [-0.05, 0) is 12.1 Å². The van der Waals surface area contributed by atoms with E-state index < -0.39 is 10.0 Å². The van der Waals surface area contributed by atoms with Gasteiger partial charge in [0.05, 0.1) is 23.8 Å². The monoisotopic (exact) mass is 282 g/mol. The van der Waals surface area contributed by atoms with Crippen molar-refractivity contribution in [3.63, 3.8) is 0 Å². The van der Waals surface area contributed by atoms with Gasteiger partial charge in [-0.2, -0.15) is 0 Å². The molecule has 104 valence electrons. The Bertz CT molecular complexity index is 663. The minimum absolute atomic E-state index is 0.378. The summed E-state index contributed by atoms with van der Waals surface area (Å²) in [5, 5.41) is 3.17. The Labute approximate surface area is 112 Å². The lowest BCUT2D eigenvalue weighted by molar-refractivity contribution is 0.578. The third-order valence-corrected chi connectivity index (χ3v) is 3.56. The second-order valence-corrected chi connectivity index (χ2v) is 6.25. The van der Waals surface area contributed by atoms with Gasteiger partial charge in [-0.3, -0.25) is 0 Å². The Balaban J connectivity index is 1.90. The number of nitrogens with one attached hydrogen (secondary N) is 2. The summed E-state index contributed by atoms with van der Waals surface area (Å²) in [6, 6.07) is 7.95. The molecule has 1 aromatic carbocycles. The Kier molecular flexibility index (Phi) is 4.18. The number of rotatable bonds is 6. The van der Waals surface area contributed by atoms with Crippen LogP contribution in [0.5, 0.6) is 0 Å². The molecule has 0 aliphatic rings. The van der Waals surface area contributed by atoms with E-state index in [-0.39, 0.29) is 0 Å². The molecule has 0 spiro atoms. The fraction of sp³-hybridized carbons (Fsp3) is 0.417. The maximum absolute atomic E-state index is 10.9. The van der Waals surface area contributed by atoms with Crippen molar-refractivity contribution in [2.24, 2.45) is 7.05 Å². The van der Waals surface area contributed by atoms with E-state index in [4.69, 9.17) is 0 Å². The molecular weight excluding hydrogens is 264 g/mol. The summed E-state index contributed by atoms with van der Waals surface area (Å²) < 4.78 is 26.2. The zero-order valence-electron chi connectivity index (χ0n) is 11.0. The van der Waals surface area contributed by atoms with Crippen LogP contribution in [0, 0.1) is 0 Å². The normalized spacial score (nSPS) is 12.1. The van der Waals surface area contributed by atoms with Crippen LogP contribution in [0.3, 0.4) is 0 Å². The highest BCUT2D eigenvalue weighted by Gasteiger charge is 2.06. The maximum Gasteiger partial charge on any atom is 0.208 e. The summed E-state index contributed by atoms with van der Waals surface area (Å²) in [6.45, 7) is 1.55. The second-order valence-electron chi connectivity index (χ2n) is 4.42. The van der Waals surface area contributed by atoms with Gasteiger partial charge in [-0.25, -0.2) is 18.1 Å². The van der Waals surface area contributed by atoms with Gasteiger partial charge in [0.25, 0.3) is 0 Å². The van der Waals surface area contributed by atoms with Crippen molar-refractivity contribution in [2.45, 2.75) is 6.54 Å². The first kappa shape index (κ1) is 14.0. The number of benzene rings is 1. The molecule has 7 heteroatoms. The van der Waals surface area contributed by atoms with Crippen molar-refractivity contribution in [1.29, 1.82) is 0 Å². The minimum atomic E-state index is -3.11. The topological polar surface area (TPSA) is 76.0 Å². The van der Waals surface area contributed by atoms with Crippen molar-refractivity contribution in [3.05, 3.63) is 30.1 Å². The van der Waals surface area contributed by atoms with Crippen molar-refractivity contribution in [1.82, 2.24) is 19.6 Å².